The SMILES string of the molecule is CC(OC(=O)Nc1nn(-c2ccc(-c3cccc(C4(C(=O)O)CC4)c3F)cc2)cc1F)c1ccccc1. The lowest BCUT2D eigenvalue weighted by atomic mass is 9.91. The highest BCUT2D eigenvalue weighted by molar-refractivity contribution is 5.86. The normalized spacial score (nSPS) is 14.6. The van der Waals surface area contributed by atoms with Crippen molar-refractivity contribution in [2.75, 3.05) is 5.32 Å². The van der Waals surface area contributed by atoms with Gasteiger partial charge in [0.05, 0.1) is 17.3 Å². The lowest BCUT2D eigenvalue weighted by molar-refractivity contribution is -0.140. The van der Waals surface area contributed by atoms with E-state index in [0.717, 1.165) is 11.8 Å². The van der Waals surface area contributed by atoms with E-state index in [1.54, 1.807) is 43.3 Å². The summed E-state index contributed by atoms with van der Waals surface area (Å²) in [7, 11) is 0. The van der Waals surface area contributed by atoms with Gasteiger partial charge in [0, 0.05) is 11.1 Å². The van der Waals surface area contributed by atoms with E-state index >= 15 is 4.39 Å². The molecule has 4 aromatic rings. The molecule has 0 radical (unpaired) electrons. The van der Waals surface area contributed by atoms with E-state index in [0.29, 0.717) is 24.1 Å². The summed E-state index contributed by atoms with van der Waals surface area (Å²) in [4.78, 5) is 23.9. The summed E-state index contributed by atoms with van der Waals surface area (Å²) < 4.78 is 36.3. The predicted molar refractivity (Wildman–Crippen MR) is 132 cm³/mol. The van der Waals surface area contributed by atoms with Crippen LogP contribution in [-0.4, -0.2) is 26.9 Å². The average Bonchev–Trinajstić information content (AvgIpc) is 3.63. The second-order valence-corrected chi connectivity index (χ2v) is 8.95. The fourth-order valence-corrected chi connectivity index (χ4v) is 4.29. The van der Waals surface area contributed by atoms with Crippen molar-refractivity contribution in [2.24, 2.45) is 0 Å². The van der Waals surface area contributed by atoms with Gasteiger partial charge in [-0.1, -0.05) is 60.7 Å². The molecule has 2 N–H and O–H groups in total. The molecular weight excluding hydrogens is 480 g/mol. The molecule has 0 spiro atoms. The minimum Gasteiger partial charge on any atom is -0.481 e. The molecule has 37 heavy (non-hydrogen) atoms. The first kappa shape index (κ1) is 24.2. The molecule has 9 heteroatoms. The summed E-state index contributed by atoms with van der Waals surface area (Å²) in [5, 5.41) is 15.9. The lowest BCUT2D eigenvalue weighted by Crippen LogP contribution is -2.21. The van der Waals surface area contributed by atoms with Crippen molar-refractivity contribution < 1.29 is 28.2 Å². The lowest BCUT2D eigenvalue weighted by Gasteiger charge is -2.14. The monoisotopic (exact) mass is 503 g/mol. The molecule has 1 atom stereocenters. The third-order valence-electron chi connectivity index (χ3n) is 6.56. The maximum atomic E-state index is 15.3. The van der Waals surface area contributed by atoms with E-state index in [4.69, 9.17) is 4.74 Å². The Morgan fingerprint density at radius 2 is 1.73 bits per heavy atom. The van der Waals surface area contributed by atoms with Gasteiger partial charge in [-0.25, -0.2) is 18.3 Å². The number of amides is 1. The number of hydrogen-bond acceptors (Lipinski definition) is 4. The summed E-state index contributed by atoms with van der Waals surface area (Å²) in [5.74, 6) is -2.63. The van der Waals surface area contributed by atoms with Crippen LogP contribution in [0.4, 0.5) is 19.4 Å². The molecule has 188 valence electrons. The first-order valence-electron chi connectivity index (χ1n) is 11.7. The molecule has 1 aliphatic carbocycles. The molecule has 1 amide bonds. The van der Waals surface area contributed by atoms with Gasteiger partial charge in [0.15, 0.2) is 11.6 Å². The van der Waals surface area contributed by atoms with Crippen LogP contribution in [0, 0.1) is 11.6 Å². The van der Waals surface area contributed by atoms with E-state index in [1.807, 2.05) is 30.3 Å². The number of nitrogens with one attached hydrogen (secondary N) is 1. The Morgan fingerprint density at radius 1 is 1.03 bits per heavy atom. The number of rotatable bonds is 7. The summed E-state index contributed by atoms with van der Waals surface area (Å²) in [5.41, 5.74) is 1.11. The number of carboxylic acid groups (broad SMARTS) is 1. The van der Waals surface area contributed by atoms with E-state index in [9.17, 15) is 19.1 Å². The third-order valence-corrected chi connectivity index (χ3v) is 6.56. The van der Waals surface area contributed by atoms with Crippen molar-refractivity contribution in [3.63, 3.8) is 0 Å². The molecule has 1 unspecified atom stereocenters. The molecule has 1 aliphatic rings. The number of nitrogens with zero attached hydrogens (tertiary/aromatic N) is 2. The van der Waals surface area contributed by atoms with Crippen LogP contribution in [0.15, 0.2) is 79.0 Å². The second-order valence-electron chi connectivity index (χ2n) is 8.95. The van der Waals surface area contributed by atoms with E-state index in [-0.39, 0.29) is 16.9 Å². The van der Waals surface area contributed by atoms with Gasteiger partial charge in [0.25, 0.3) is 0 Å². The third kappa shape index (κ3) is 4.67. The van der Waals surface area contributed by atoms with Gasteiger partial charge in [0.2, 0.25) is 0 Å². The Balaban J connectivity index is 1.31. The molecule has 1 saturated carbocycles. The number of halogens is 2. The van der Waals surface area contributed by atoms with Gasteiger partial charge < -0.3 is 9.84 Å². The molecule has 1 aromatic heterocycles. The van der Waals surface area contributed by atoms with Crippen LogP contribution >= 0.6 is 0 Å². The summed E-state index contributed by atoms with van der Waals surface area (Å²) in [6.07, 6.45) is 0.531. The molecule has 0 bridgehead atoms. The smallest absolute Gasteiger partial charge is 0.413 e. The number of aliphatic carboxylic acids is 1. The van der Waals surface area contributed by atoms with Crippen LogP contribution in [0.5, 0.6) is 0 Å². The van der Waals surface area contributed by atoms with Crippen LogP contribution in [-0.2, 0) is 14.9 Å². The highest BCUT2D eigenvalue weighted by Crippen LogP contribution is 2.50. The van der Waals surface area contributed by atoms with Crippen LogP contribution in [0.1, 0.15) is 37.0 Å². The number of hydrogen-bond donors (Lipinski definition) is 2. The van der Waals surface area contributed by atoms with Gasteiger partial charge in [-0.05, 0) is 43.0 Å². The Labute approximate surface area is 211 Å². The standard InChI is InChI=1S/C28H23F2N3O4/c1-17(18-6-3-2-4-7-18)37-27(36)31-25-23(29)16-33(32-25)20-12-10-19(11-13-20)21-8-5-9-22(24(21)30)28(14-15-28)26(34)35/h2-13,16-17H,14-15H2,1H3,(H,34,35)(H,31,32,36). The van der Waals surface area contributed by atoms with Crippen LogP contribution in [0.25, 0.3) is 16.8 Å². The second kappa shape index (κ2) is 9.50. The highest BCUT2D eigenvalue weighted by atomic mass is 19.1. The van der Waals surface area contributed by atoms with Crippen molar-refractivity contribution >= 4 is 17.9 Å². The molecule has 7 nitrogen and oxygen atoms in total. The molecule has 0 aliphatic heterocycles. The zero-order valence-corrected chi connectivity index (χ0v) is 19.8. The molecule has 1 fully saturated rings. The first-order valence-corrected chi connectivity index (χ1v) is 11.7. The van der Waals surface area contributed by atoms with E-state index in [2.05, 4.69) is 10.4 Å². The van der Waals surface area contributed by atoms with Crippen LogP contribution in [0.3, 0.4) is 0 Å². The maximum Gasteiger partial charge on any atom is 0.413 e. The Kier molecular flexibility index (Phi) is 6.20. The van der Waals surface area contributed by atoms with Crippen molar-refractivity contribution in [2.45, 2.75) is 31.3 Å². The molecule has 1 heterocycles. The topological polar surface area (TPSA) is 93.5 Å². The van der Waals surface area contributed by atoms with Gasteiger partial charge in [-0.3, -0.25) is 10.1 Å². The Morgan fingerprint density at radius 3 is 2.38 bits per heavy atom. The van der Waals surface area contributed by atoms with Crippen molar-refractivity contribution in [3.05, 3.63) is 102 Å². The number of carbonyl (C=O) groups excluding carboxylic acids is 1. The number of carbonyl (C=O) groups is 2. The maximum absolute atomic E-state index is 15.3. The number of anilines is 1. The molecular formula is C28H23F2N3O4. The minimum absolute atomic E-state index is 0.180. The van der Waals surface area contributed by atoms with Crippen molar-refractivity contribution in [1.82, 2.24) is 9.78 Å². The molecule has 0 saturated heterocycles. The fourth-order valence-electron chi connectivity index (χ4n) is 4.29. The van der Waals surface area contributed by atoms with Crippen LogP contribution < -0.4 is 5.32 Å². The van der Waals surface area contributed by atoms with E-state index < -0.39 is 35.2 Å². The van der Waals surface area contributed by atoms with E-state index in [1.165, 1.54) is 10.7 Å². The van der Waals surface area contributed by atoms with Gasteiger partial charge in [-0.2, -0.15) is 0 Å². The predicted octanol–water partition coefficient (Wildman–Crippen LogP) is 6.24. The van der Waals surface area contributed by atoms with Crippen molar-refractivity contribution in [3.8, 4) is 16.8 Å². The quantitative estimate of drug-likeness (QED) is 0.311. The first-order chi connectivity index (χ1) is 17.8. The average molecular weight is 504 g/mol. The number of benzene rings is 3. The van der Waals surface area contributed by atoms with Gasteiger partial charge in [0.1, 0.15) is 11.9 Å². The largest absolute Gasteiger partial charge is 0.481 e. The highest BCUT2D eigenvalue weighted by Gasteiger charge is 2.53. The Hall–Kier alpha value is -4.53. The minimum atomic E-state index is -1.16. The van der Waals surface area contributed by atoms with Crippen molar-refractivity contribution in [1.29, 1.82) is 0 Å². The van der Waals surface area contributed by atoms with Gasteiger partial charge >= 0.3 is 12.1 Å². The number of carboxylic acids is 1. The Bertz CT molecular complexity index is 1460. The zero-order chi connectivity index (χ0) is 26.2. The number of ether oxygens (including phenoxy) is 1. The van der Waals surface area contributed by atoms with Crippen LogP contribution in [0.2, 0.25) is 0 Å². The summed E-state index contributed by atoms with van der Waals surface area (Å²) in [6.45, 7) is 1.70. The zero-order valence-electron chi connectivity index (χ0n) is 19.8. The summed E-state index contributed by atoms with van der Waals surface area (Å²) in [6, 6.07) is 20.4. The fraction of sp³-hybridized carbons (Fsp3) is 0.179. The molecule has 3 aromatic carbocycles. The van der Waals surface area contributed by atoms with Gasteiger partial charge in [-0.15, -0.1) is 5.10 Å². The molecule has 5 rings (SSSR count). The number of aromatic nitrogens is 2. The summed E-state index contributed by atoms with van der Waals surface area (Å²) >= 11 is 0.